The van der Waals surface area contributed by atoms with Gasteiger partial charge in [-0.3, -0.25) is 0 Å². The van der Waals surface area contributed by atoms with Crippen LogP contribution in [0.4, 0.5) is 4.39 Å². The van der Waals surface area contributed by atoms with Crippen LogP contribution in [0.15, 0.2) is 11.9 Å². The Bertz CT molecular complexity index is 118. The fourth-order valence-electron chi connectivity index (χ4n) is 0.236. The average Bonchev–Trinajstić information content (AvgIpc) is 1.65. The van der Waals surface area contributed by atoms with Crippen LogP contribution in [0.5, 0.6) is 0 Å². The molecule has 1 N–H and O–H groups in total. The highest BCUT2D eigenvalue weighted by atomic mass is 19.1. The van der Waals surface area contributed by atoms with Crippen molar-refractivity contribution < 1.29 is 14.3 Å². The summed E-state index contributed by atoms with van der Waals surface area (Å²) in [5.41, 5.74) is 0. The van der Waals surface area contributed by atoms with Crippen LogP contribution in [-0.2, 0) is 4.79 Å². The second-order valence-corrected chi connectivity index (χ2v) is 1.28. The number of hydrogen-bond donors (Lipinski definition) is 1. The van der Waals surface area contributed by atoms with Crippen molar-refractivity contribution in [2.24, 2.45) is 0 Å². The van der Waals surface area contributed by atoms with Gasteiger partial charge in [0, 0.05) is 0 Å². The predicted molar refractivity (Wildman–Crippen MR) is 27.1 cm³/mol. The number of allylic oxidation sites excluding steroid dienone is 1. The first-order valence-electron chi connectivity index (χ1n) is 2.25. The Hall–Kier alpha value is -0.860. The third-order valence-corrected chi connectivity index (χ3v) is 0.618. The summed E-state index contributed by atoms with van der Waals surface area (Å²) in [4.78, 5) is 9.65. The van der Waals surface area contributed by atoms with Crippen LogP contribution in [0.1, 0.15) is 13.3 Å². The molecule has 0 aliphatic carbocycles. The van der Waals surface area contributed by atoms with Gasteiger partial charge in [-0.1, -0.05) is 6.92 Å². The van der Waals surface area contributed by atoms with E-state index < -0.39 is 11.8 Å². The molecule has 0 saturated carbocycles. The van der Waals surface area contributed by atoms with Gasteiger partial charge in [0.15, 0.2) is 0 Å². The average molecular weight is 118 g/mol. The summed E-state index contributed by atoms with van der Waals surface area (Å²) in [7, 11) is 0. The lowest BCUT2D eigenvalue weighted by Gasteiger charge is -1.82. The summed E-state index contributed by atoms with van der Waals surface area (Å²) >= 11 is 0. The summed E-state index contributed by atoms with van der Waals surface area (Å²) in [6.07, 6.45) is 0.701. The van der Waals surface area contributed by atoms with E-state index in [4.69, 9.17) is 5.11 Å². The Morgan fingerprint density at radius 2 is 2.38 bits per heavy atom. The van der Waals surface area contributed by atoms with Gasteiger partial charge in [-0.05, 0) is 6.42 Å². The normalized spacial score (nSPS) is 11.5. The number of carbonyl (C=O) groups is 1. The Balaban J connectivity index is 3.75. The molecular weight excluding hydrogens is 111 g/mol. The van der Waals surface area contributed by atoms with Crippen molar-refractivity contribution in [1.29, 1.82) is 0 Å². The molecular formula is C5H7FO2. The van der Waals surface area contributed by atoms with E-state index in [9.17, 15) is 9.18 Å². The topological polar surface area (TPSA) is 37.3 Å². The van der Waals surface area contributed by atoms with Gasteiger partial charge in [0.25, 0.3) is 0 Å². The minimum absolute atomic E-state index is 0.145. The van der Waals surface area contributed by atoms with Gasteiger partial charge in [0.2, 0.25) is 0 Å². The lowest BCUT2D eigenvalue weighted by molar-refractivity contribution is -0.131. The molecule has 0 saturated heterocycles. The van der Waals surface area contributed by atoms with Crippen LogP contribution in [0.2, 0.25) is 0 Å². The van der Waals surface area contributed by atoms with Crippen molar-refractivity contribution in [3.63, 3.8) is 0 Å². The standard InChI is InChI=1S/C5H7FO2/c1-2-4(6)3-5(7)8/h3H,2H2,1H3,(H,7,8)/b4-3+. The molecule has 0 aromatic rings. The van der Waals surface area contributed by atoms with Crippen molar-refractivity contribution in [3.05, 3.63) is 11.9 Å². The Morgan fingerprint density at radius 1 is 1.88 bits per heavy atom. The molecule has 0 unspecified atom stereocenters. The SMILES string of the molecule is CC/C(F)=C\C(=O)O. The molecule has 0 aromatic heterocycles. The zero-order chi connectivity index (χ0) is 6.57. The number of carboxylic acids is 1. The molecule has 0 spiro atoms. The Morgan fingerprint density at radius 3 is 2.50 bits per heavy atom. The van der Waals surface area contributed by atoms with Crippen LogP contribution >= 0.6 is 0 Å². The highest BCUT2D eigenvalue weighted by Crippen LogP contribution is 1.99. The first kappa shape index (κ1) is 7.14. The van der Waals surface area contributed by atoms with E-state index in [0.717, 1.165) is 0 Å². The van der Waals surface area contributed by atoms with Gasteiger partial charge in [-0.2, -0.15) is 0 Å². The minimum Gasteiger partial charge on any atom is -0.478 e. The summed E-state index contributed by atoms with van der Waals surface area (Å²) in [6, 6.07) is 0. The van der Waals surface area contributed by atoms with Crippen LogP contribution in [-0.4, -0.2) is 11.1 Å². The molecule has 0 aliphatic rings. The zero-order valence-corrected chi connectivity index (χ0v) is 4.52. The highest BCUT2D eigenvalue weighted by Gasteiger charge is 1.92. The van der Waals surface area contributed by atoms with E-state index in [1.807, 2.05) is 0 Å². The van der Waals surface area contributed by atoms with Gasteiger partial charge < -0.3 is 5.11 Å². The van der Waals surface area contributed by atoms with Crippen molar-refractivity contribution >= 4 is 5.97 Å². The van der Waals surface area contributed by atoms with Crippen LogP contribution in [0, 0.1) is 0 Å². The summed E-state index contributed by atoms with van der Waals surface area (Å²) in [5, 5.41) is 7.90. The molecule has 46 valence electrons. The molecule has 2 nitrogen and oxygen atoms in total. The fourth-order valence-corrected chi connectivity index (χ4v) is 0.236. The molecule has 0 radical (unpaired) electrons. The fraction of sp³-hybridized carbons (Fsp3) is 0.400. The quantitative estimate of drug-likeness (QED) is 0.555. The number of halogens is 1. The maximum atomic E-state index is 11.9. The van der Waals surface area contributed by atoms with Gasteiger partial charge >= 0.3 is 5.97 Å². The first-order valence-corrected chi connectivity index (χ1v) is 2.25. The largest absolute Gasteiger partial charge is 0.478 e. The minimum atomic E-state index is -1.23. The van der Waals surface area contributed by atoms with Crippen molar-refractivity contribution in [1.82, 2.24) is 0 Å². The molecule has 0 atom stereocenters. The smallest absolute Gasteiger partial charge is 0.330 e. The van der Waals surface area contributed by atoms with E-state index in [1.165, 1.54) is 0 Å². The summed E-state index contributed by atoms with van der Waals surface area (Å²) in [6.45, 7) is 1.55. The lowest BCUT2D eigenvalue weighted by atomic mass is 10.4. The molecule has 0 fully saturated rings. The van der Waals surface area contributed by atoms with Crippen LogP contribution < -0.4 is 0 Å². The van der Waals surface area contributed by atoms with Crippen molar-refractivity contribution in [3.8, 4) is 0 Å². The third-order valence-electron chi connectivity index (χ3n) is 0.618. The van der Waals surface area contributed by atoms with Gasteiger partial charge in [0.05, 0.1) is 6.08 Å². The van der Waals surface area contributed by atoms with Gasteiger partial charge in [0.1, 0.15) is 5.83 Å². The monoisotopic (exact) mass is 118 g/mol. The van der Waals surface area contributed by atoms with Crippen LogP contribution in [0.25, 0.3) is 0 Å². The number of aliphatic carboxylic acids is 1. The number of hydrogen-bond acceptors (Lipinski definition) is 1. The molecule has 0 aliphatic heterocycles. The Labute approximate surface area is 46.6 Å². The molecule has 3 heteroatoms. The first-order chi connectivity index (χ1) is 3.66. The van der Waals surface area contributed by atoms with E-state index in [0.29, 0.717) is 6.08 Å². The van der Waals surface area contributed by atoms with Crippen molar-refractivity contribution in [2.75, 3.05) is 0 Å². The molecule has 0 bridgehead atoms. The zero-order valence-electron chi connectivity index (χ0n) is 4.52. The number of carboxylic acid groups (broad SMARTS) is 1. The highest BCUT2D eigenvalue weighted by molar-refractivity contribution is 5.80. The van der Waals surface area contributed by atoms with Crippen molar-refractivity contribution in [2.45, 2.75) is 13.3 Å². The van der Waals surface area contributed by atoms with Gasteiger partial charge in [-0.25, -0.2) is 9.18 Å². The maximum absolute atomic E-state index is 11.9. The summed E-state index contributed by atoms with van der Waals surface area (Å²) < 4.78 is 11.9. The Kier molecular flexibility index (Phi) is 2.84. The second-order valence-electron chi connectivity index (χ2n) is 1.28. The van der Waals surface area contributed by atoms with E-state index >= 15 is 0 Å². The van der Waals surface area contributed by atoms with Crippen LogP contribution in [0.3, 0.4) is 0 Å². The molecule has 0 aromatic carbocycles. The number of rotatable bonds is 2. The predicted octanol–water partition coefficient (Wildman–Crippen LogP) is 1.33. The maximum Gasteiger partial charge on any atom is 0.330 e. The van der Waals surface area contributed by atoms with E-state index in [-0.39, 0.29) is 6.42 Å². The second kappa shape index (κ2) is 3.18. The molecule has 0 amide bonds. The summed E-state index contributed by atoms with van der Waals surface area (Å²) in [5.74, 6) is -1.83. The molecule has 0 rings (SSSR count). The molecule has 8 heavy (non-hydrogen) atoms. The van der Waals surface area contributed by atoms with Gasteiger partial charge in [-0.15, -0.1) is 0 Å². The molecule has 0 heterocycles. The third kappa shape index (κ3) is 3.33. The van der Waals surface area contributed by atoms with E-state index in [1.54, 1.807) is 6.92 Å². The lowest BCUT2D eigenvalue weighted by Crippen LogP contribution is -1.87. The van der Waals surface area contributed by atoms with E-state index in [2.05, 4.69) is 0 Å².